The molecule has 0 aromatic rings. The van der Waals surface area contributed by atoms with Gasteiger partial charge in [0.1, 0.15) is 0 Å². The first kappa shape index (κ1) is 9.46. The molecule has 0 unspecified atom stereocenters. The van der Waals surface area contributed by atoms with Gasteiger partial charge in [-0.2, -0.15) is 0 Å². The predicted molar refractivity (Wildman–Crippen MR) is 14.6 cm³/mol. The molecule has 0 saturated carbocycles. The van der Waals surface area contributed by atoms with Crippen molar-refractivity contribution in [2.24, 2.45) is 4.99 Å². The summed E-state index contributed by atoms with van der Waals surface area (Å²) in [5, 5.41) is 9.01. The van der Waals surface area contributed by atoms with Crippen molar-refractivity contribution in [2.45, 2.75) is 0 Å². The Labute approximate surface area is 57.4 Å². The molecule has 1 amide bonds. The number of carbonyl (C=O) groups is 1. The van der Waals surface area contributed by atoms with Gasteiger partial charge in [-0.05, 0) is 6.40 Å². The molecule has 6 heavy (non-hydrogen) atoms. The van der Waals surface area contributed by atoms with Crippen molar-refractivity contribution >= 4 is 12.8 Å². The van der Waals surface area contributed by atoms with Crippen molar-refractivity contribution in [2.75, 3.05) is 0 Å². The molecule has 3 nitrogen and oxygen atoms in total. The minimum absolute atomic E-state index is 0. The summed E-state index contributed by atoms with van der Waals surface area (Å²) in [5.74, 6) is 0. The molecular weight excluding hydrogens is 93.0 g/mol. The molecule has 0 fully saturated rings. The average molecular weight is 95.0 g/mol. The van der Waals surface area contributed by atoms with Crippen LogP contribution in [0.3, 0.4) is 0 Å². The molecule has 0 bridgehead atoms. The zero-order chi connectivity index (χ0) is 4.12. The van der Waals surface area contributed by atoms with Crippen LogP contribution >= 0.6 is 0 Å². The van der Waals surface area contributed by atoms with Crippen molar-refractivity contribution in [3.8, 4) is 0 Å². The van der Waals surface area contributed by atoms with Gasteiger partial charge in [0.25, 0.3) is 0 Å². The summed E-state index contributed by atoms with van der Waals surface area (Å²) < 4.78 is 0. The van der Waals surface area contributed by atoms with Gasteiger partial charge >= 0.3 is 29.6 Å². The van der Waals surface area contributed by atoms with Crippen LogP contribution in [0.4, 0.5) is 0 Å². The van der Waals surface area contributed by atoms with Gasteiger partial charge in [-0.15, -0.1) is 0 Å². The summed E-state index contributed by atoms with van der Waals surface area (Å²) >= 11 is 0. The summed E-state index contributed by atoms with van der Waals surface area (Å²) in [7, 11) is 0. The van der Waals surface area contributed by atoms with Gasteiger partial charge < -0.3 is 5.11 Å². The topological polar surface area (TPSA) is 52.5 Å². The fraction of sp³-hybridized carbons (Fsp3) is 0. The largest absolute Gasteiger partial charge is 1.00 e. The third kappa shape index (κ3) is 8.91. The monoisotopic (exact) mass is 95.0 g/mol. The molecule has 0 aliphatic heterocycles. The van der Waals surface area contributed by atoms with E-state index in [1.54, 1.807) is 0 Å². The summed E-state index contributed by atoms with van der Waals surface area (Å²) in [4.78, 5) is 11.6. The van der Waals surface area contributed by atoms with Gasteiger partial charge in [0.2, 0.25) is 6.41 Å². The minimum Gasteiger partial charge on any atom is -0.864 e. The fourth-order valence-corrected chi connectivity index (χ4v) is 0.0248. The molecule has 4 heteroatoms. The second kappa shape index (κ2) is 8.94. The molecule has 0 rings (SSSR count). The van der Waals surface area contributed by atoms with E-state index in [0.717, 1.165) is 0 Å². The molecule has 0 atom stereocenters. The Morgan fingerprint density at radius 1 is 1.67 bits per heavy atom. The zero-order valence-electron chi connectivity index (χ0n) is 3.42. The molecule has 0 radical (unpaired) electrons. The predicted octanol–water partition coefficient (Wildman–Crippen LogP) is -4.46. The van der Waals surface area contributed by atoms with Gasteiger partial charge in [0.05, 0.1) is 0 Å². The standard InChI is InChI=1S/C2H3NO2.Na/c4-1-3-2-5;/h1-2H,(H,3,4,5);/q;+1/p-1. The van der Waals surface area contributed by atoms with Crippen molar-refractivity contribution in [3.63, 3.8) is 0 Å². The second-order valence-corrected chi connectivity index (χ2v) is 0.360. The second-order valence-electron chi connectivity index (χ2n) is 0.360. The van der Waals surface area contributed by atoms with E-state index in [0.29, 0.717) is 0 Å². The number of hydrogen-bond donors (Lipinski definition) is 0. The number of nitrogens with zero attached hydrogens (tertiary/aromatic N) is 1. The van der Waals surface area contributed by atoms with E-state index in [2.05, 4.69) is 4.99 Å². The van der Waals surface area contributed by atoms with E-state index >= 15 is 0 Å². The Morgan fingerprint density at radius 3 is 2.17 bits per heavy atom. The van der Waals surface area contributed by atoms with Crippen LogP contribution in [-0.4, -0.2) is 12.8 Å². The van der Waals surface area contributed by atoms with Gasteiger partial charge in [0.15, 0.2) is 0 Å². The van der Waals surface area contributed by atoms with Crippen LogP contribution < -0.4 is 34.7 Å². The third-order valence-corrected chi connectivity index (χ3v) is 0.122. The quantitative estimate of drug-likeness (QED) is 0.143. The van der Waals surface area contributed by atoms with E-state index < -0.39 is 0 Å². The van der Waals surface area contributed by atoms with Crippen molar-refractivity contribution < 1.29 is 39.5 Å². The smallest absolute Gasteiger partial charge is 0.864 e. The molecule has 0 heterocycles. The van der Waals surface area contributed by atoms with Crippen LogP contribution in [0.15, 0.2) is 4.99 Å². The van der Waals surface area contributed by atoms with Crippen LogP contribution in [0.2, 0.25) is 0 Å². The molecule has 0 saturated heterocycles. The maximum atomic E-state index is 9.01. The molecule has 0 aliphatic rings. The van der Waals surface area contributed by atoms with Crippen molar-refractivity contribution in [3.05, 3.63) is 0 Å². The molecule has 0 N–H and O–H groups in total. The van der Waals surface area contributed by atoms with E-state index in [1.165, 1.54) is 0 Å². The SMILES string of the molecule is O=CN=C[O-].[Na+]. The summed E-state index contributed by atoms with van der Waals surface area (Å²) in [6.07, 6.45) is 0.375. The van der Waals surface area contributed by atoms with Crippen LogP contribution in [0.25, 0.3) is 0 Å². The molecule has 0 aromatic carbocycles. The van der Waals surface area contributed by atoms with E-state index in [9.17, 15) is 0 Å². The van der Waals surface area contributed by atoms with Gasteiger partial charge in [-0.1, -0.05) is 0 Å². The van der Waals surface area contributed by atoms with Crippen molar-refractivity contribution in [1.82, 2.24) is 0 Å². The van der Waals surface area contributed by atoms with E-state index in [4.69, 9.17) is 9.90 Å². The number of rotatable bonds is 1. The Kier molecular flexibility index (Phi) is 14.1. The normalized spacial score (nSPS) is 7.33. The Balaban J connectivity index is 0. The summed E-state index contributed by atoms with van der Waals surface area (Å²) in [5.41, 5.74) is 0. The average Bonchev–Trinajstić information content (AvgIpc) is 1.41. The maximum absolute atomic E-state index is 9.01. The first-order chi connectivity index (χ1) is 2.41. The molecule has 0 spiro atoms. The summed E-state index contributed by atoms with van der Waals surface area (Å²) in [6.45, 7) is 0. The first-order valence-electron chi connectivity index (χ1n) is 0.988. The van der Waals surface area contributed by atoms with Crippen LogP contribution in [-0.2, 0) is 4.79 Å². The number of hydrogen-bond acceptors (Lipinski definition) is 2. The molecule has 0 aromatic heterocycles. The Bertz CT molecular complexity index is 53.5. The number of carbonyl (C=O) groups excluding carboxylic acids is 1. The van der Waals surface area contributed by atoms with Crippen LogP contribution in [0.5, 0.6) is 0 Å². The van der Waals surface area contributed by atoms with Crippen molar-refractivity contribution in [1.29, 1.82) is 0 Å². The Hall–Kier alpha value is 0.140. The first-order valence-corrected chi connectivity index (χ1v) is 0.988. The minimum atomic E-state index is 0. The third-order valence-electron chi connectivity index (χ3n) is 0.122. The molecule has 28 valence electrons. The van der Waals surface area contributed by atoms with E-state index in [1.807, 2.05) is 0 Å². The number of aliphatic imine (C=N–C) groups is 1. The Morgan fingerprint density at radius 2 is 2.17 bits per heavy atom. The van der Waals surface area contributed by atoms with Gasteiger partial charge in [-0.3, -0.25) is 4.79 Å². The maximum Gasteiger partial charge on any atom is 1.00 e. The summed E-state index contributed by atoms with van der Waals surface area (Å²) in [6, 6.07) is 0. The fourth-order valence-electron chi connectivity index (χ4n) is 0.0248. The van der Waals surface area contributed by atoms with Crippen LogP contribution in [0, 0.1) is 0 Å². The van der Waals surface area contributed by atoms with Crippen LogP contribution in [0.1, 0.15) is 0 Å². The number of amides is 1. The van der Waals surface area contributed by atoms with Gasteiger partial charge in [0, 0.05) is 0 Å². The molecular formula is C2H2NNaO2. The van der Waals surface area contributed by atoms with Gasteiger partial charge in [-0.25, -0.2) is 4.99 Å². The zero-order valence-corrected chi connectivity index (χ0v) is 5.42. The van der Waals surface area contributed by atoms with E-state index in [-0.39, 0.29) is 42.4 Å². The molecule has 0 aliphatic carbocycles.